The molecule has 0 aliphatic heterocycles. The summed E-state index contributed by atoms with van der Waals surface area (Å²) in [6.45, 7) is 13.6. The van der Waals surface area contributed by atoms with Crippen molar-refractivity contribution in [3.8, 4) is 0 Å². The third kappa shape index (κ3) is 5.37. The molecule has 0 amide bonds. The van der Waals surface area contributed by atoms with Crippen LogP contribution in [0, 0.1) is 0 Å². The van der Waals surface area contributed by atoms with Crippen LogP contribution in [0.25, 0.3) is 0 Å². The molecule has 24 heavy (non-hydrogen) atoms. The van der Waals surface area contributed by atoms with E-state index in [2.05, 4.69) is 59.7 Å². The molecule has 1 aromatic rings. The summed E-state index contributed by atoms with van der Waals surface area (Å²) < 4.78 is 0. The van der Waals surface area contributed by atoms with Crippen LogP contribution in [0.15, 0.2) is 23.1 Å². The molecule has 2 rings (SSSR count). The summed E-state index contributed by atoms with van der Waals surface area (Å²) in [6.07, 6.45) is 6.56. The highest BCUT2D eigenvalue weighted by Crippen LogP contribution is 2.37. The third-order valence-electron chi connectivity index (χ3n) is 4.92. The fourth-order valence-corrected chi connectivity index (χ4v) is 4.38. The molecule has 0 saturated heterocycles. The van der Waals surface area contributed by atoms with Crippen LogP contribution in [0.3, 0.4) is 0 Å². The lowest BCUT2D eigenvalue weighted by Crippen LogP contribution is -2.20. The highest BCUT2D eigenvalue weighted by atomic mass is 32.2. The van der Waals surface area contributed by atoms with Crippen molar-refractivity contribution >= 4 is 17.5 Å². The van der Waals surface area contributed by atoms with Gasteiger partial charge in [-0.1, -0.05) is 66.9 Å². The molecule has 0 aromatic heterocycles. The summed E-state index contributed by atoms with van der Waals surface area (Å²) in [5.74, 6) is 0.457. The van der Waals surface area contributed by atoms with E-state index in [9.17, 15) is 4.79 Å². The van der Waals surface area contributed by atoms with Crippen LogP contribution >= 0.6 is 11.8 Å². The highest BCUT2D eigenvalue weighted by Gasteiger charge is 2.24. The SMILES string of the molecule is CC(C)(C)c1cc(SC2CCCCCCC2=O)cc(C(C)(C)C)c1. The van der Waals surface area contributed by atoms with Crippen molar-refractivity contribution in [2.45, 2.75) is 101 Å². The Kier molecular flexibility index (Phi) is 6.23. The quantitative estimate of drug-likeness (QED) is 0.595. The lowest BCUT2D eigenvalue weighted by Gasteiger charge is -2.27. The summed E-state index contributed by atoms with van der Waals surface area (Å²) in [6, 6.07) is 6.97. The Morgan fingerprint density at radius 1 is 0.833 bits per heavy atom. The third-order valence-corrected chi connectivity index (χ3v) is 6.21. The number of rotatable bonds is 2. The van der Waals surface area contributed by atoms with Crippen LogP contribution < -0.4 is 0 Å². The maximum Gasteiger partial charge on any atom is 0.146 e. The van der Waals surface area contributed by atoms with Gasteiger partial charge in [-0.3, -0.25) is 4.79 Å². The largest absolute Gasteiger partial charge is 0.298 e. The van der Waals surface area contributed by atoms with Gasteiger partial charge in [0.15, 0.2) is 0 Å². The van der Waals surface area contributed by atoms with Crippen LogP contribution in [0.5, 0.6) is 0 Å². The molecule has 1 aliphatic rings. The minimum absolute atomic E-state index is 0.127. The van der Waals surface area contributed by atoms with Gasteiger partial charge in [-0.2, -0.15) is 0 Å². The van der Waals surface area contributed by atoms with Crippen molar-refractivity contribution in [3.05, 3.63) is 29.3 Å². The van der Waals surface area contributed by atoms with Gasteiger partial charge in [-0.25, -0.2) is 0 Å². The number of hydrogen-bond acceptors (Lipinski definition) is 2. The van der Waals surface area contributed by atoms with Crippen molar-refractivity contribution in [2.24, 2.45) is 0 Å². The van der Waals surface area contributed by atoms with Crippen LogP contribution in [0.1, 0.15) is 91.2 Å². The Morgan fingerprint density at radius 2 is 1.38 bits per heavy atom. The minimum Gasteiger partial charge on any atom is -0.298 e. The first-order valence-electron chi connectivity index (χ1n) is 9.43. The minimum atomic E-state index is 0.127. The summed E-state index contributed by atoms with van der Waals surface area (Å²) in [4.78, 5) is 13.8. The second-order valence-electron chi connectivity index (χ2n) is 9.27. The van der Waals surface area contributed by atoms with Gasteiger partial charge in [0.1, 0.15) is 5.78 Å². The van der Waals surface area contributed by atoms with E-state index in [1.807, 2.05) is 0 Å². The van der Waals surface area contributed by atoms with Gasteiger partial charge in [0.25, 0.3) is 0 Å². The summed E-state index contributed by atoms with van der Waals surface area (Å²) >= 11 is 1.81. The molecular weight excluding hydrogens is 312 g/mol. The van der Waals surface area contributed by atoms with E-state index in [-0.39, 0.29) is 16.1 Å². The van der Waals surface area contributed by atoms with E-state index < -0.39 is 0 Å². The average Bonchev–Trinajstić information content (AvgIpc) is 2.45. The second kappa shape index (κ2) is 7.64. The Labute approximate surface area is 153 Å². The van der Waals surface area contributed by atoms with Crippen molar-refractivity contribution < 1.29 is 4.79 Å². The molecular formula is C22H34OS. The zero-order valence-electron chi connectivity index (χ0n) is 16.4. The maximum absolute atomic E-state index is 12.5. The lowest BCUT2D eigenvalue weighted by atomic mass is 9.81. The molecule has 1 nitrogen and oxygen atoms in total. The number of Topliss-reactive ketones (excluding diaryl/α,β-unsaturated/α-hetero) is 1. The molecule has 134 valence electrons. The van der Waals surface area contributed by atoms with Crippen LogP contribution in [0.4, 0.5) is 0 Å². The topological polar surface area (TPSA) is 17.1 Å². The molecule has 0 bridgehead atoms. The Bertz CT molecular complexity index is 542. The van der Waals surface area contributed by atoms with Crippen LogP contribution in [0.2, 0.25) is 0 Å². The summed E-state index contributed by atoms with van der Waals surface area (Å²) in [7, 11) is 0. The molecule has 1 atom stereocenters. The van der Waals surface area contributed by atoms with Gasteiger partial charge in [0.05, 0.1) is 5.25 Å². The molecule has 0 spiro atoms. The number of carbonyl (C=O) groups is 1. The van der Waals surface area contributed by atoms with Crippen molar-refractivity contribution in [3.63, 3.8) is 0 Å². The fraction of sp³-hybridized carbons (Fsp3) is 0.682. The van der Waals surface area contributed by atoms with Gasteiger partial charge < -0.3 is 0 Å². The first-order chi connectivity index (χ1) is 11.1. The van der Waals surface area contributed by atoms with Gasteiger partial charge in [-0.15, -0.1) is 11.8 Å². The molecule has 2 heteroatoms. The van der Waals surface area contributed by atoms with Crippen molar-refractivity contribution in [1.29, 1.82) is 0 Å². The molecule has 1 saturated carbocycles. The molecule has 0 N–H and O–H groups in total. The number of benzene rings is 1. The summed E-state index contributed by atoms with van der Waals surface area (Å²) in [5.41, 5.74) is 3.00. The van der Waals surface area contributed by atoms with Crippen LogP contribution in [-0.4, -0.2) is 11.0 Å². The van der Waals surface area contributed by atoms with Crippen molar-refractivity contribution in [1.82, 2.24) is 0 Å². The first kappa shape index (κ1) is 19.6. The normalized spacial score (nSPS) is 20.6. The predicted octanol–water partition coefficient (Wildman–Crippen LogP) is 6.67. The molecule has 1 unspecified atom stereocenters. The maximum atomic E-state index is 12.5. The van der Waals surface area contributed by atoms with Crippen molar-refractivity contribution in [2.75, 3.05) is 0 Å². The lowest BCUT2D eigenvalue weighted by molar-refractivity contribution is -0.119. The predicted molar refractivity (Wildman–Crippen MR) is 106 cm³/mol. The van der Waals surface area contributed by atoms with Crippen LogP contribution in [-0.2, 0) is 15.6 Å². The molecule has 1 aliphatic carbocycles. The molecule has 1 aromatic carbocycles. The van der Waals surface area contributed by atoms with E-state index in [1.54, 1.807) is 11.8 Å². The Hall–Kier alpha value is -0.760. The van der Waals surface area contributed by atoms with E-state index in [0.717, 1.165) is 19.3 Å². The molecule has 0 radical (unpaired) electrons. The Morgan fingerprint density at radius 3 is 1.92 bits per heavy atom. The number of thioether (sulfide) groups is 1. The number of hydrogen-bond donors (Lipinski definition) is 0. The molecule has 1 fully saturated rings. The van der Waals surface area contributed by atoms with Gasteiger partial charge in [-0.05, 0) is 46.9 Å². The first-order valence-corrected chi connectivity index (χ1v) is 10.3. The standard InChI is InChI=1S/C22H34OS/c1-21(2,3)16-13-17(22(4,5)6)15-18(14-16)24-20-12-10-8-7-9-11-19(20)23/h13-15,20H,7-12H2,1-6H3. The smallest absolute Gasteiger partial charge is 0.146 e. The van der Waals surface area contributed by atoms with E-state index in [4.69, 9.17) is 0 Å². The zero-order chi connectivity index (χ0) is 18.0. The fourth-order valence-electron chi connectivity index (χ4n) is 3.13. The summed E-state index contributed by atoms with van der Waals surface area (Å²) in [5, 5.41) is 0.147. The van der Waals surface area contributed by atoms with Gasteiger partial charge >= 0.3 is 0 Å². The van der Waals surface area contributed by atoms with E-state index >= 15 is 0 Å². The zero-order valence-corrected chi connectivity index (χ0v) is 17.2. The van der Waals surface area contributed by atoms with Gasteiger partial charge in [0, 0.05) is 11.3 Å². The van der Waals surface area contributed by atoms with E-state index in [0.29, 0.717) is 5.78 Å². The highest BCUT2D eigenvalue weighted by molar-refractivity contribution is 8.00. The van der Waals surface area contributed by atoms with Gasteiger partial charge in [0.2, 0.25) is 0 Å². The number of ketones is 1. The second-order valence-corrected chi connectivity index (χ2v) is 10.5. The molecule has 0 heterocycles. The number of carbonyl (C=O) groups excluding carboxylic acids is 1. The van der Waals surface area contributed by atoms with E-state index in [1.165, 1.54) is 35.3 Å². The Balaban J connectivity index is 2.32. The average molecular weight is 347 g/mol. The monoisotopic (exact) mass is 346 g/mol.